The van der Waals surface area contributed by atoms with Crippen LogP contribution in [-0.4, -0.2) is 0 Å². The van der Waals surface area contributed by atoms with E-state index in [1.807, 2.05) is 0 Å². The van der Waals surface area contributed by atoms with Gasteiger partial charge in [-0.15, -0.1) is 0 Å². The topological polar surface area (TPSA) is 12.5 Å². The van der Waals surface area contributed by atoms with E-state index in [4.69, 9.17) is 4.74 Å². The van der Waals surface area contributed by atoms with Crippen LogP contribution in [0.3, 0.4) is 0 Å². The maximum atomic E-state index is 14.7. The Morgan fingerprint density at radius 3 is 1.45 bits per heavy atom. The molecule has 0 amide bonds. The molecule has 0 bridgehead atoms. The molecular weight excluding hydrogens is 413 g/mol. The second kappa shape index (κ2) is 7.12. The van der Waals surface area contributed by atoms with Crippen LogP contribution in [0.25, 0.3) is 11.1 Å². The summed E-state index contributed by atoms with van der Waals surface area (Å²) >= 11 is 0. The summed E-state index contributed by atoms with van der Waals surface area (Å²) in [6.07, 6.45) is 0. The summed E-state index contributed by atoms with van der Waals surface area (Å²) in [6.45, 7) is 0. The number of fused-ring (bicyclic) bond motifs is 2. The highest BCUT2D eigenvalue weighted by atomic mass is 19.2. The lowest BCUT2D eigenvalue weighted by Gasteiger charge is -2.34. The van der Waals surface area contributed by atoms with Crippen LogP contribution in [-0.2, 0) is 0 Å². The summed E-state index contributed by atoms with van der Waals surface area (Å²) in [5.74, 6) is -9.00. The van der Waals surface area contributed by atoms with Gasteiger partial charge in [0, 0.05) is 5.56 Å². The van der Waals surface area contributed by atoms with Gasteiger partial charge in [-0.25, -0.2) is 22.0 Å². The van der Waals surface area contributed by atoms with Gasteiger partial charge in [-0.1, -0.05) is 42.5 Å². The van der Waals surface area contributed by atoms with Gasteiger partial charge in [0.2, 0.25) is 5.82 Å². The van der Waals surface area contributed by atoms with Crippen LogP contribution in [0, 0.1) is 29.1 Å². The SMILES string of the molecule is Fc1c(F)c(F)c(-c2ccccc2N2c3ccccc3Oc3ccccc32)c(F)c1F. The molecule has 0 aromatic heterocycles. The number of anilines is 3. The third-order valence-corrected chi connectivity index (χ3v) is 5.06. The van der Waals surface area contributed by atoms with Gasteiger partial charge in [-0.2, -0.15) is 0 Å². The molecule has 4 aromatic carbocycles. The number of hydrogen-bond acceptors (Lipinski definition) is 2. The Morgan fingerprint density at radius 1 is 0.484 bits per heavy atom. The van der Waals surface area contributed by atoms with E-state index < -0.39 is 34.6 Å². The minimum absolute atomic E-state index is 0.151. The van der Waals surface area contributed by atoms with Gasteiger partial charge >= 0.3 is 0 Å². The highest BCUT2D eigenvalue weighted by Crippen LogP contribution is 2.52. The van der Waals surface area contributed by atoms with Gasteiger partial charge in [0.25, 0.3) is 0 Å². The predicted molar refractivity (Wildman–Crippen MR) is 106 cm³/mol. The van der Waals surface area contributed by atoms with Crippen LogP contribution in [0.1, 0.15) is 0 Å². The quantitative estimate of drug-likeness (QED) is 0.164. The highest BCUT2D eigenvalue weighted by molar-refractivity contribution is 5.93. The fourth-order valence-corrected chi connectivity index (χ4v) is 3.69. The van der Waals surface area contributed by atoms with E-state index in [9.17, 15) is 22.0 Å². The number of halogens is 5. The smallest absolute Gasteiger partial charge is 0.200 e. The van der Waals surface area contributed by atoms with Crippen molar-refractivity contribution in [2.45, 2.75) is 0 Å². The van der Waals surface area contributed by atoms with Crippen molar-refractivity contribution < 1.29 is 26.7 Å². The number of nitrogens with zero attached hydrogens (tertiary/aromatic N) is 1. The first kappa shape index (κ1) is 19.1. The Hall–Kier alpha value is -3.87. The van der Waals surface area contributed by atoms with Crippen LogP contribution in [0.5, 0.6) is 11.5 Å². The van der Waals surface area contributed by atoms with Crippen molar-refractivity contribution in [1.82, 2.24) is 0 Å². The van der Waals surface area contributed by atoms with Crippen molar-refractivity contribution in [3.8, 4) is 22.6 Å². The van der Waals surface area contributed by atoms with Gasteiger partial charge in [-0.05, 0) is 30.3 Å². The molecule has 4 aromatic rings. The van der Waals surface area contributed by atoms with Crippen LogP contribution in [0.4, 0.5) is 39.0 Å². The maximum Gasteiger partial charge on any atom is 0.200 e. The zero-order chi connectivity index (χ0) is 21.7. The van der Waals surface area contributed by atoms with E-state index in [1.165, 1.54) is 12.1 Å². The highest BCUT2D eigenvalue weighted by Gasteiger charge is 2.31. The molecule has 2 nitrogen and oxygen atoms in total. The molecule has 0 atom stereocenters. The lowest BCUT2D eigenvalue weighted by atomic mass is 9.99. The average molecular weight is 425 g/mol. The molecule has 1 aliphatic rings. The predicted octanol–water partition coefficient (Wildman–Crippen LogP) is 7.62. The monoisotopic (exact) mass is 425 g/mol. The first-order chi connectivity index (χ1) is 15.0. The number of benzene rings is 4. The number of ether oxygens (including phenoxy) is 1. The van der Waals surface area contributed by atoms with Crippen molar-refractivity contribution in [3.05, 3.63) is 102 Å². The van der Waals surface area contributed by atoms with E-state index in [-0.39, 0.29) is 11.3 Å². The molecule has 0 radical (unpaired) electrons. The summed E-state index contributed by atoms with van der Waals surface area (Å²) in [6, 6.07) is 19.9. The molecular formula is C24H12F5NO. The van der Waals surface area contributed by atoms with Crippen molar-refractivity contribution in [2.75, 3.05) is 4.90 Å². The van der Waals surface area contributed by atoms with Gasteiger partial charge in [0.15, 0.2) is 34.8 Å². The summed E-state index contributed by atoms with van der Waals surface area (Å²) < 4.78 is 76.7. The fourth-order valence-electron chi connectivity index (χ4n) is 3.69. The zero-order valence-electron chi connectivity index (χ0n) is 15.7. The minimum Gasteiger partial charge on any atom is -0.453 e. The van der Waals surface area contributed by atoms with Crippen molar-refractivity contribution >= 4 is 17.1 Å². The van der Waals surface area contributed by atoms with Gasteiger partial charge in [-0.3, -0.25) is 0 Å². The Morgan fingerprint density at radius 2 is 0.903 bits per heavy atom. The Kier molecular flexibility index (Phi) is 4.39. The zero-order valence-corrected chi connectivity index (χ0v) is 15.7. The molecule has 0 fully saturated rings. The molecule has 7 heteroatoms. The normalized spacial score (nSPS) is 12.2. The second-order valence-corrected chi connectivity index (χ2v) is 6.83. The maximum absolute atomic E-state index is 14.7. The molecule has 1 heterocycles. The van der Waals surface area contributed by atoms with Gasteiger partial charge in [0.05, 0.1) is 22.6 Å². The molecule has 5 rings (SSSR count). The van der Waals surface area contributed by atoms with E-state index in [0.29, 0.717) is 22.9 Å². The molecule has 1 aliphatic heterocycles. The van der Waals surface area contributed by atoms with Crippen LogP contribution < -0.4 is 9.64 Å². The third kappa shape index (κ3) is 2.84. The van der Waals surface area contributed by atoms with Crippen LogP contribution in [0.2, 0.25) is 0 Å². The van der Waals surface area contributed by atoms with Crippen molar-refractivity contribution in [1.29, 1.82) is 0 Å². The Bertz CT molecular complexity index is 1260. The molecule has 0 saturated carbocycles. The lowest BCUT2D eigenvalue weighted by molar-refractivity contribution is 0.381. The molecule has 0 unspecified atom stereocenters. The lowest BCUT2D eigenvalue weighted by Crippen LogP contribution is -2.17. The van der Waals surface area contributed by atoms with Gasteiger partial charge in [0.1, 0.15) is 0 Å². The molecule has 0 N–H and O–H groups in total. The molecule has 0 spiro atoms. The van der Waals surface area contributed by atoms with E-state index in [0.717, 1.165) is 0 Å². The first-order valence-corrected chi connectivity index (χ1v) is 9.26. The first-order valence-electron chi connectivity index (χ1n) is 9.26. The second-order valence-electron chi connectivity index (χ2n) is 6.83. The third-order valence-electron chi connectivity index (χ3n) is 5.06. The Labute approximate surface area is 173 Å². The van der Waals surface area contributed by atoms with Crippen molar-refractivity contribution in [2.24, 2.45) is 0 Å². The molecule has 31 heavy (non-hydrogen) atoms. The summed E-state index contributed by atoms with van der Waals surface area (Å²) in [5, 5.41) is 0. The van der Waals surface area contributed by atoms with Gasteiger partial charge < -0.3 is 9.64 Å². The average Bonchev–Trinajstić information content (AvgIpc) is 2.80. The number of hydrogen-bond donors (Lipinski definition) is 0. The van der Waals surface area contributed by atoms with E-state index in [2.05, 4.69) is 0 Å². The van der Waals surface area contributed by atoms with E-state index in [1.54, 1.807) is 65.6 Å². The molecule has 0 saturated heterocycles. The summed E-state index contributed by atoms with van der Waals surface area (Å²) in [4.78, 5) is 1.67. The summed E-state index contributed by atoms with van der Waals surface area (Å²) in [7, 11) is 0. The standard InChI is InChI=1S/C24H12F5NO/c25-20-19(21(26)23(28)24(29)22(20)27)13-7-1-2-8-14(13)30-15-9-3-5-11-17(15)31-18-12-6-4-10-16(18)30/h1-12H. The largest absolute Gasteiger partial charge is 0.453 e. The molecule has 0 aliphatic carbocycles. The minimum atomic E-state index is -2.20. The Balaban J connectivity index is 1.83. The summed E-state index contributed by atoms with van der Waals surface area (Å²) in [5.41, 5.74) is 0.194. The molecule has 154 valence electrons. The number of rotatable bonds is 2. The van der Waals surface area contributed by atoms with Crippen LogP contribution in [0.15, 0.2) is 72.8 Å². The van der Waals surface area contributed by atoms with E-state index >= 15 is 0 Å². The van der Waals surface area contributed by atoms with Crippen molar-refractivity contribution in [3.63, 3.8) is 0 Å². The van der Waals surface area contributed by atoms with Crippen LogP contribution >= 0.6 is 0 Å². The fraction of sp³-hybridized carbons (Fsp3) is 0. The number of para-hydroxylation sites is 5.